The first-order chi connectivity index (χ1) is 8.79. The van der Waals surface area contributed by atoms with Crippen molar-refractivity contribution in [3.05, 3.63) is 12.2 Å². The number of hydrogen-bond acceptors (Lipinski definition) is 2. The molecule has 0 aliphatic carbocycles. The van der Waals surface area contributed by atoms with Gasteiger partial charge < -0.3 is 10.6 Å². The molecule has 0 aliphatic heterocycles. The molecule has 110 valence electrons. The van der Waals surface area contributed by atoms with Crippen LogP contribution in [0.5, 0.6) is 0 Å². The minimum Gasteiger partial charge on any atom is -0.368 e. The lowest BCUT2D eigenvalue weighted by Gasteiger charge is -2.28. The number of allylic oxidation sites excluding steroid dienone is 2. The van der Waals surface area contributed by atoms with Gasteiger partial charge in [-0.3, -0.25) is 9.59 Å². The highest BCUT2D eigenvalue weighted by Crippen LogP contribution is 2.16. The summed E-state index contributed by atoms with van der Waals surface area (Å²) in [6, 6.07) is -0.508. The lowest BCUT2D eigenvalue weighted by molar-refractivity contribution is -0.138. The Bertz CT molecular complexity index is 324. The second-order valence-electron chi connectivity index (χ2n) is 5.67. The molecule has 0 bridgehead atoms. The highest BCUT2D eigenvalue weighted by atomic mass is 16.2. The van der Waals surface area contributed by atoms with Crippen molar-refractivity contribution in [2.75, 3.05) is 7.05 Å². The molecule has 4 heteroatoms. The number of nitrogens with two attached hydrogens (primary N) is 1. The summed E-state index contributed by atoms with van der Waals surface area (Å²) < 4.78 is 0. The van der Waals surface area contributed by atoms with Crippen LogP contribution in [0.2, 0.25) is 0 Å². The van der Waals surface area contributed by atoms with E-state index in [4.69, 9.17) is 5.73 Å². The van der Waals surface area contributed by atoms with Gasteiger partial charge in [-0.05, 0) is 31.6 Å². The van der Waals surface area contributed by atoms with Crippen LogP contribution in [0.15, 0.2) is 12.2 Å². The Balaban J connectivity index is 4.63. The standard InChI is InChI=1S/C15H28N2O2/c1-6-7-8-12(4)10-13(15(16)19)17(5)14(18)9-11(2)3/h6-7,11-13H,8-10H2,1-5H3,(H2,16,19)/b7-6+/t12-,13+/m1/s1. The van der Waals surface area contributed by atoms with Crippen LogP contribution in [0.25, 0.3) is 0 Å². The Morgan fingerprint density at radius 1 is 1.26 bits per heavy atom. The zero-order valence-electron chi connectivity index (χ0n) is 12.8. The molecular weight excluding hydrogens is 240 g/mol. The topological polar surface area (TPSA) is 63.4 Å². The molecule has 0 saturated carbocycles. The van der Waals surface area contributed by atoms with Crippen molar-refractivity contribution in [3.63, 3.8) is 0 Å². The normalized spacial score (nSPS) is 14.6. The molecule has 0 heterocycles. The number of hydrogen-bond donors (Lipinski definition) is 1. The fourth-order valence-corrected chi connectivity index (χ4v) is 1.98. The molecule has 0 aliphatic rings. The van der Waals surface area contributed by atoms with Crippen molar-refractivity contribution in [2.24, 2.45) is 17.6 Å². The van der Waals surface area contributed by atoms with Crippen LogP contribution >= 0.6 is 0 Å². The van der Waals surface area contributed by atoms with Crippen molar-refractivity contribution < 1.29 is 9.59 Å². The van der Waals surface area contributed by atoms with E-state index >= 15 is 0 Å². The van der Waals surface area contributed by atoms with Gasteiger partial charge in [-0.1, -0.05) is 32.9 Å². The van der Waals surface area contributed by atoms with E-state index in [9.17, 15) is 9.59 Å². The van der Waals surface area contributed by atoms with Crippen molar-refractivity contribution in [1.29, 1.82) is 0 Å². The lowest BCUT2D eigenvalue weighted by Crippen LogP contribution is -2.46. The first-order valence-corrected chi connectivity index (χ1v) is 6.95. The molecule has 0 fully saturated rings. The molecular formula is C15H28N2O2. The van der Waals surface area contributed by atoms with Gasteiger partial charge in [-0.15, -0.1) is 0 Å². The number of carbonyl (C=O) groups is 2. The van der Waals surface area contributed by atoms with Gasteiger partial charge in [0.05, 0.1) is 0 Å². The molecule has 0 aromatic carbocycles. The Morgan fingerprint density at radius 2 is 1.84 bits per heavy atom. The third-order valence-corrected chi connectivity index (χ3v) is 3.17. The van der Waals surface area contributed by atoms with E-state index < -0.39 is 11.9 Å². The molecule has 0 spiro atoms. The van der Waals surface area contributed by atoms with Crippen LogP contribution < -0.4 is 5.73 Å². The molecule has 19 heavy (non-hydrogen) atoms. The largest absolute Gasteiger partial charge is 0.368 e. The monoisotopic (exact) mass is 268 g/mol. The second kappa shape index (κ2) is 8.73. The van der Waals surface area contributed by atoms with E-state index in [1.807, 2.05) is 26.8 Å². The van der Waals surface area contributed by atoms with Gasteiger partial charge in [-0.2, -0.15) is 0 Å². The molecule has 0 saturated heterocycles. The quantitative estimate of drug-likeness (QED) is 0.687. The van der Waals surface area contributed by atoms with Crippen molar-refractivity contribution in [1.82, 2.24) is 4.90 Å². The SMILES string of the molecule is C/C=C/C[C@@H](C)C[C@@H](C(N)=O)N(C)C(=O)CC(C)C. The highest BCUT2D eigenvalue weighted by Gasteiger charge is 2.26. The molecule has 2 N–H and O–H groups in total. The number of carbonyl (C=O) groups excluding carboxylic acids is 2. The summed E-state index contributed by atoms with van der Waals surface area (Å²) in [5.41, 5.74) is 5.43. The average molecular weight is 268 g/mol. The van der Waals surface area contributed by atoms with E-state index in [0.717, 1.165) is 6.42 Å². The van der Waals surface area contributed by atoms with E-state index in [2.05, 4.69) is 13.0 Å². The van der Waals surface area contributed by atoms with E-state index in [-0.39, 0.29) is 11.8 Å². The van der Waals surface area contributed by atoms with Gasteiger partial charge in [0.2, 0.25) is 11.8 Å². The van der Waals surface area contributed by atoms with E-state index in [1.165, 1.54) is 4.90 Å². The first-order valence-electron chi connectivity index (χ1n) is 6.95. The van der Waals surface area contributed by atoms with Crippen molar-refractivity contribution >= 4 is 11.8 Å². The van der Waals surface area contributed by atoms with E-state index in [1.54, 1.807) is 7.05 Å². The number of primary amides is 1. The van der Waals surface area contributed by atoms with Crippen LogP contribution in [-0.2, 0) is 9.59 Å². The van der Waals surface area contributed by atoms with Crippen LogP contribution in [-0.4, -0.2) is 29.8 Å². The van der Waals surface area contributed by atoms with Gasteiger partial charge in [0.15, 0.2) is 0 Å². The lowest BCUT2D eigenvalue weighted by atomic mass is 9.96. The molecule has 2 atom stereocenters. The maximum atomic E-state index is 12.0. The van der Waals surface area contributed by atoms with Crippen LogP contribution in [0.1, 0.15) is 47.0 Å². The van der Waals surface area contributed by atoms with Crippen LogP contribution in [0, 0.1) is 11.8 Å². The number of rotatable bonds is 8. The maximum absolute atomic E-state index is 12.0. The summed E-state index contributed by atoms with van der Waals surface area (Å²) in [6.07, 6.45) is 6.01. The Labute approximate surface area is 117 Å². The van der Waals surface area contributed by atoms with Crippen molar-refractivity contribution in [2.45, 2.75) is 53.0 Å². The molecule has 2 amide bonds. The highest BCUT2D eigenvalue weighted by molar-refractivity contribution is 5.86. The Kier molecular flexibility index (Phi) is 8.12. The first kappa shape index (κ1) is 17.7. The third-order valence-electron chi connectivity index (χ3n) is 3.17. The summed E-state index contributed by atoms with van der Waals surface area (Å²) >= 11 is 0. The van der Waals surface area contributed by atoms with E-state index in [0.29, 0.717) is 18.8 Å². The van der Waals surface area contributed by atoms with Crippen LogP contribution in [0.4, 0.5) is 0 Å². The van der Waals surface area contributed by atoms with Gasteiger partial charge in [0.1, 0.15) is 6.04 Å². The van der Waals surface area contributed by atoms with Gasteiger partial charge in [0, 0.05) is 13.5 Å². The van der Waals surface area contributed by atoms with Crippen LogP contribution in [0.3, 0.4) is 0 Å². The minimum atomic E-state index is -0.508. The number of nitrogens with zero attached hydrogens (tertiary/aromatic N) is 1. The molecule has 0 radical (unpaired) electrons. The smallest absolute Gasteiger partial charge is 0.240 e. The second-order valence-corrected chi connectivity index (χ2v) is 5.67. The van der Waals surface area contributed by atoms with Gasteiger partial charge >= 0.3 is 0 Å². The summed E-state index contributed by atoms with van der Waals surface area (Å²) in [5, 5.41) is 0. The fraction of sp³-hybridized carbons (Fsp3) is 0.733. The fourth-order valence-electron chi connectivity index (χ4n) is 1.98. The Morgan fingerprint density at radius 3 is 2.26 bits per heavy atom. The number of likely N-dealkylation sites (N-methyl/N-ethyl adjacent to an activating group) is 1. The predicted octanol–water partition coefficient (Wildman–Crippen LogP) is 2.34. The van der Waals surface area contributed by atoms with Crippen molar-refractivity contribution in [3.8, 4) is 0 Å². The van der Waals surface area contributed by atoms with Gasteiger partial charge in [-0.25, -0.2) is 0 Å². The molecule has 0 rings (SSSR count). The summed E-state index contributed by atoms with van der Waals surface area (Å²) in [4.78, 5) is 25.1. The molecule has 0 aromatic rings. The molecule has 0 aromatic heterocycles. The Hall–Kier alpha value is -1.32. The van der Waals surface area contributed by atoms with Gasteiger partial charge in [0.25, 0.3) is 0 Å². The zero-order valence-corrected chi connectivity index (χ0v) is 12.8. The summed E-state index contributed by atoms with van der Waals surface area (Å²) in [5.74, 6) is 0.163. The average Bonchev–Trinajstić information content (AvgIpc) is 2.31. The molecule has 4 nitrogen and oxygen atoms in total. The predicted molar refractivity (Wildman–Crippen MR) is 78.4 cm³/mol. The maximum Gasteiger partial charge on any atom is 0.240 e. The summed E-state index contributed by atoms with van der Waals surface area (Å²) in [7, 11) is 1.67. The zero-order chi connectivity index (χ0) is 15.0. The summed E-state index contributed by atoms with van der Waals surface area (Å²) in [6.45, 7) is 8.01. The molecule has 0 unspecified atom stereocenters. The minimum absolute atomic E-state index is 0.0166. The number of amides is 2. The third kappa shape index (κ3) is 6.99.